The van der Waals surface area contributed by atoms with Crippen LogP contribution in [0.25, 0.3) is 0 Å². The Bertz CT molecular complexity index is 341. The second-order valence-corrected chi connectivity index (χ2v) is 4.72. The lowest BCUT2D eigenvalue weighted by Crippen LogP contribution is -2.27. The van der Waals surface area contributed by atoms with Crippen molar-refractivity contribution >= 4 is 0 Å². The van der Waals surface area contributed by atoms with Crippen molar-refractivity contribution in [2.24, 2.45) is 0 Å². The largest absolute Gasteiger partial charge is 0.314 e. The molecule has 1 heterocycles. The summed E-state index contributed by atoms with van der Waals surface area (Å²) < 4.78 is 2.09. The normalized spacial score (nSPS) is 12.6. The first kappa shape index (κ1) is 14.0. The van der Waals surface area contributed by atoms with Crippen molar-refractivity contribution in [2.75, 3.05) is 6.54 Å². The summed E-state index contributed by atoms with van der Waals surface area (Å²) in [6.07, 6.45) is 5.36. The molecule has 0 fully saturated rings. The van der Waals surface area contributed by atoms with Gasteiger partial charge in [-0.3, -0.25) is 4.68 Å². The Balaban J connectivity index is 2.15. The summed E-state index contributed by atoms with van der Waals surface area (Å²) in [6.45, 7) is 12.2. The minimum absolute atomic E-state index is 0.577. The van der Waals surface area contributed by atoms with Crippen molar-refractivity contribution in [3.8, 4) is 0 Å². The van der Waals surface area contributed by atoms with E-state index >= 15 is 0 Å². The second kappa shape index (κ2) is 7.28. The smallest absolute Gasteiger partial charge is 0.0596 e. The average molecular weight is 235 g/mol. The van der Waals surface area contributed by atoms with Crippen molar-refractivity contribution in [3.05, 3.63) is 30.1 Å². The van der Waals surface area contributed by atoms with Gasteiger partial charge in [0.05, 0.1) is 5.69 Å². The van der Waals surface area contributed by atoms with E-state index in [1.807, 2.05) is 13.0 Å². The minimum atomic E-state index is 0.577. The summed E-state index contributed by atoms with van der Waals surface area (Å²) >= 11 is 0. The molecule has 0 radical (unpaired) electrons. The summed E-state index contributed by atoms with van der Waals surface area (Å²) in [6, 6.07) is 2.70. The van der Waals surface area contributed by atoms with Gasteiger partial charge in [0.15, 0.2) is 0 Å². The second-order valence-electron chi connectivity index (χ2n) is 4.72. The fourth-order valence-corrected chi connectivity index (χ4v) is 1.95. The number of nitrogens with zero attached hydrogens (tertiary/aromatic N) is 2. The van der Waals surface area contributed by atoms with Gasteiger partial charge in [-0.2, -0.15) is 5.10 Å². The van der Waals surface area contributed by atoms with Crippen LogP contribution in [0.2, 0.25) is 0 Å². The molecule has 96 valence electrons. The molecular weight excluding hydrogens is 210 g/mol. The maximum absolute atomic E-state index is 4.45. The van der Waals surface area contributed by atoms with Crippen LogP contribution in [0.15, 0.2) is 18.7 Å². The highest BCUT2D eigenvalue weighted by molar-refractivity contribution is 5.06. The number of aryl methyl sites for hydroxylation is 3. The van der Waals surface area contributed by atoms with Gasteiger partial charge in [0.2, 0.25) is 0 Å². The number of allylic oxidation sites excluding steroid dienone is 1. The van der Waals surface area contributed by atoms with E-state index in [-0.39, 0.29) is 0 Å². The lowest BCUT2D eigenvalue weighted by molar-refractivity contribution is 0.476. The van der Waals surface area contributed by atoms with E-state index in [1.165, 1.54) is 12.1 Å². The molecule has 0 aliphatic rings. The summed E-state index contributed by atoms with van der Waals surface area (Å²) in [5.74, 6) is 0. The molecule has 1 N–H and O–H groups in total. The van der Waals surface area contributed by atoms with Crippen molar-refractivity contribution in [3.63, 3.8) is 0 Å². The number of aromatic nitrogens is 2. The summed E-state index contributed by atoms with van der Waals surface area (Å²) in [7, 11) is 0. The van der Waals surface area contributed by atoms with Gasteiger partial charge in [-0.05, 0) is 52.6 Å². The number of nitrogens with one attached hydrogen (secondary N) is 1. The Labute approximate surface area is 105 Å². The van der Waals surface area contributed by atoms with Crippen molar-refractivity contribution in [1.29, 1.82) is 0 Å². The Morgan fingerprint density at radius 2 is 2.29 bits per heavy atom. The monoisotopic (exact) mass is 235 g/mol. The van der Waals surface area contributed by atoms with Crippen molar-refractivity contribution < 1.29 is 0 Å². The van der Waals surface area contributed by atoms with Gasteiger partial charge in [0.25, 0.3) is 0 Å². The van der Waals surface area contributed by atoms with Gasteiger partial charge in [-0.25, -0.2) is 0 Å². The molecule has 3 nitrogen and oxygen atoms in total. The molecule has 0 amide bonds. The standard InChI is InChI=1S/C14H25N3/c1-5-6-8-12(2)15-9-7-10-17-14(4)11-13(3)16-17/h5,11-12,15H,1,6-10H2,2-4H3. The van der Waals surface area contributed by atoms with Gasteiger partial charge in [-0.1, -0.05) is 6.08 Å². The van der Waals surface area contributed by atoms with Crippen molar-refractivity contribution in [1.82, 2.24) is 15.1 Å². The summed E-state index contributed by atoms with van der Waals surface area (Å²) in [4.78, 5) is 0. The van der Waals surface area contributed by atoms with Crippen molar-refractivity contribution in [2.45, 2.75) is 52.6 Å². The molecule has 0 saturated carbocycles. The van der Waals surface area contributed by atoms with Crippen LogP contribution in [0.3, 0.4) is 0 Å². The summed E-state index contributed by atoms with van der Waals surface area (Å²) in [5, 5.41) is 7.98. The maximum Gasteiger partial charge on any atom is 0.0596 e. The van der Waals surface area contributed by atoms with E-state index in [4.69, 9.17) is 0 Å². The molecule has 0 bridgehead atoms. The predicted molar refractivity (Wildman–Crippen MR) is 73.2 cm³/mol. The molecular formula is C14H25N3. The first-order valence-corrected chi connectivity index (χ1v) is 6.49. The van der Waals surface area contributed by atoms with Gasteiger partial charge in [-0.15, -0.1) is 6.58 Å². The molecule has 3 heteroatoms. The van der Waals surface area contributed by atoms with Gasteiger partial charge >= 0.3 is 0 Å². The zero-order chi connectivity index (χ0) is 12.7. The van der Waals surface area contributed by atoms with E-state index < -0.39 is 0 Å². The molecule has 1 rings (SSSR count). The van der Waals surface area contributed by atoms with E-state index in [9.17, 15) is 0 Å². The quantitative estimate of drug-likeness (QED) is 0.554. The molecule has 0 aromatic carbocycles. The van der Waals surface area contributed by atoms with Gasteiger partial charge in [0.1, 0.15) is 0 Å². The third-order valence-electron chi connectivity index (χ3n) is 2.95. The SMILES string of the molecule is C=CCCC(C)NCCCn1nc(C)cc1C. The fourth-order valence-electron chi connectivity index (χ4n) is 1.95. The fraction of sp³-hybridized carbons (Fsp3) is 0.643. The zero-order valence-electron chi connectivity index (χ0n) is 11.4. The minimum Gasteiger partial charge on any atom is -0.314 e. The van der Waals surface area contributed by atoms with Crippen LogP contribution in [-0.2, 0) is 6.54 Å². The molecule has 0 aliphatic carbocycles. The number of rotatable bonds is 8. The highest BCUT2D eigenvalue weighted by Gasteiger charge is 2.01. The van der Waals surface area contributed by atoms with Crippen LogP contribution in [0.4, 0.5) is 0 Å². The Kier molecular flexibility index (Phi) is 5.98. The maximum atomic E-state index is 4.45. The third-order valence-corrected chi connectivity index (χ3v) is 2.95. The van der Waals surface area contributed by atoms with E-state index in [0.29, 0.717) is 6.04 Å². The van der Waals surface area contributed by atoms with E-state index in [2.05, 4.69) is 41.6 Å². The number of hydrogen-bond acceptors (Lipinski definition) is 2. The molecule has 1 aromatic heterocycles. The average Bonchev–Trinajstić information content (AvgIpc) is 2.60. The van der Waals surface area contributed by atoms with Gasteiger partial charge < -0.3 is 5.32 Å². The molecule has 0 spiro atoms. The molecule has 1 aromatic rings. The Morgan fingerprint density at radius 1 is 1.53 bits per heavy atom. The molecule has 0 aliphatic heterocycles. The highest BCUT2D eigenvalue weighted by atomic mass is 15.3. The number of hydrogen-bond donors (Lipinski definition) is 1. The predicted octanol–water partition coefficient (Wildman–Crippen LogP) is 2.83. The van der Waals surface area contributed by atoms with Crippen LogP contribution in [0.5, 0.6) is 0 Å². The topological polar surface area (TPSA) is 29.9 Å². The first-order valence-electron chi connectivity index (χ1n) is 6.49. The molecule has 1 atom stereocenters. The first-order chi connectivity index (χ1) is 8.13. The Hall–Kier alpha value is -1.09. The molecule has 0 saturated heterocycles. The Morgan fingerprint density at radius 3 is 2.88 bits per heavy atom. The van der Waals surface area contributed by atoms with Crippen LogP contribution in [-0.4, -0.2) is 22.4 Å². The van der Waals surface area contributed by atoms with Gasteiger partial charge in [0, 0.05) is 18.3 Å². The highest BCUT2D eigenvalue weighted by Crippen LogP contribution is 2.02. The lowest BCUT2D eigenvalue weighted by atomic mass is 10.2. The molecule has 1 unspecified atom stereocenters. The third kappa shape index (κ3) is 5.18. The van der Waals surface area contributed by atoms with Crippen LogP contribution < -0.4 is 5.32 Å². The van der Waals surface area contributed by atoms with Crippen LogP contribution >= 0.6 is 0 Å². The zero-order valence-corrected chi connectivity index (χ0v) is 11.4. The van der Waals surface area contributed by atoms with Crippen LogP contribution in [0.1, 0.15) is 37.6 Å². The van der Waals surface area contributed by atoms with Crippen LogP contribution in [0, 0.1) is 13.8 Å². The lowest BCUT2D eigenvalue weighted by Gasteiger charge is -2.12. The summed E-state index contributed by atoms with van der Waals surface area (Å²) in [5.41, 5.74) is 2.36. The van der Waals surface area contributed by atoms with E-state index in [0.717, 1.165) is 31.6 Å². The molecule has 17 heavy (non-hydrogen) atoms. The van der Waals surface area contributed by atoms with E-state index in [1.54, 1.807) is 0 Å².